The van der Waals surface area contributed by atoms with Crippen LogP contribution in [0.1, 0.15) is 25.5 Å². The SMILES string of the molecule is CCNCC1CCCN(c2nnc(C)c3ccccc23)C1. The van der Waals surface area contributed by atoms with E-state index in [0.717, 1.165) is 37.7 Å². The molecule has 112 valence electrons. The molecule has 1 aromatic carbocycles. The zero-order valence-electron chi connectivity index (χ0n) is 13.0. The summed E-state index contributed by atoms with van der Waals surface area (Å²) >= 11 is 0. The first kappa shape index (κ1) is 14.3. The summed E-state index contributed by atoms with van der Waals surface area (Å²) in [6.07, 6.45) is 2.54. The number of hydrogen-bond acceptors (Lipinski definition) is 4. The molecule has 0 saturated carbocycles. The smallest absolute Gasteiger partial charge is 0.159 e. The third kappa shape index (κ3) is 3.00. The van der Waals surface area contributed by atoms with Crippen molar-refractivity contribution in [3.63, 3.8) is 0 Å². The zero-order chi connectivity index (χ0) is 14.7. The topological polar surface area (TPSA) is 41.0 Å². The maximum atomic E-state index is 4.50. The van der Waals surface area contributed by atoms with Crippen LogP contribution in [0, 0.1) is 12.8 Å². The summed E-state index contributed by atoms with van der Waals surface area (Å²) in [4.78, 5) is 2.42. The van der Waals surface area contributed by atoms with Crippen LogP contribution < -0.4 is 10.2 Å². The van der Waals surface area contributed by atoms with E-state index in [0.29, 0.717) is 5.92 Å². The van der Waals surface area contributed by atoms with E-state index in [9.17, 15) is 0 Å². The Kier molecular flexibility index (Phi) is 4.34. The van der Waals surface area contributed by atoms with Crippen LogP contribution in [0.3, 0.4) is 0 Å². The van der Waals surface area contributed by atoms with Crippen molar-refractivity contribution in [3.05, 3.63) is 30.0 Å². The first-order valence-corrected chi connectivity index (χ1v) is 7.97. The van der Waals surface area contributed by atoms with Crippen molar-refractivity contribution in [2.45, 2.75) is 26.7 Å². The molecular weight excluding hydrogens is 260 g/mol. The quantitative estimate of drug-likeness (QED) is 0.937. The molecule has 1 aliphatic rings. The predicted octanol–water partition coefficient (Wildman–Crippen LogP) is 2.76. The Bertz CT molecular complexity index is 611. The van der Waals surface area contributed by atoms with Gasteiger partial charge in [-0.1, -0.05) is 31.2 Å². The number of rotatable bonds is 4. The van der Waals surface area contributed by atoms with Crippen LogP contribution in [-0.2, 0) is 0 Å². The lowest BCUT2D eigenvalue weighted by Gasteiger charge is -2.34. The number of anilines is 1. The highest BCUT2D eigenvalue weighted by atomic mass is 15.3. The third-order valence-electron chi connectivity index (χ3n) is 4.35. The zero-order valence-corrected chi connectivity index (χ0v) is 13.0. The van der Waals surface area contributed by atoms with Gasteiger partial charge in [0.1, 0.15) is 0 Å². The maximum Gasteiger partial charge on any atom is 0.159 e. The van der Waals surface area contributed by atoms with Gasteiger partial charge >= 0.3 is 0 Å². The Morgan fingerprint density at radius 2 is 2.05 bits per heavy atom. The summed E-state index contributed by atoms with van der Waals surface area (Å²) in [5.41, 5.74) is 1.01. The summed E-state index contributed by atoms with van der Waals surface area (Å²) in [6, 6.07) is 8.47. The van der Waals surface area contributed by atoms with E-state index in [1.54, 1.807) is 0 Å². The summed E-state index contributed by atoms with van der Waals surface area (Å²) in [5, 5.41) is 14.8. The van der Waals surface area contributed by atoms with Gasteiger partial charge in [0.15, 0.2) is 5.82 Å². The predicted molar refractivity (Wildman–Crippen MR) is 87.8 cm³/mol. The average Bonchev–Trinajstić information content (AvgIpc) is 2.54. The van der Waals surface area contributed by atoms with Crippen LogP contribution in [0.25, 0.3) is 10.8 Å². The van der Waals surface area contributed by atoms with Gasteiger partial charge in [-0.15, -0.1) is 5.10 Å². The second-order valence-corrected chi connectivity index (χ2v) is 5.92. The molecular formula is C17H24N4. The van der Waals surface area contributed by atoms with Crippen molar-refractivity contribution in [2.75, 3.05) is 31.1 Å². The van der Waals surface area contributed by atoms with Crippen molar-refractivity contribution in [3.8, 4) is 0 Å². The Morgan fingerprint density at radius 1 is 1.24 bits per heavy atom. The van der Waals surface area contributed by atoms with Crippen molar-refractivity contribution < 1.29 is 0 Å². The van der Waals surface area contributed by atoms with Crippen LogP contribution in [0.5, 0.6) is 0 Å². The fourth-order valence-electron chi connectivity index (χ4n) is 3.23. The lowest BCUT2D eigenvalue weighted by molar-refractivity contribution is 0.394. The van der Waals surface area contributed by atoms with Crippen LogP contribution in [0.4, 0.5) is 5.82 Å². The number of hydrogen-bond donors (Lipinski definition) is 1. The minimum absolute atomic E-state index is 0.709. The molecule has 1 aromatic heterocycles. The number of aryl methyl sites for hydroxylation is 1. The standard InChI is InChI=1S/C17H24N4/c1-3-18-11-14-7-6-10-21(12-14)17-16-9-5-4-8-15(16)13(2)19-20-17/h4-5,8-9,14,18H,3,6-7,10-12H2,1-2H3. The molecule has 3 rings (SSSR count). The van der Waals surface area contributed by atoms with Gasteiger partial charge in [-0.05, 0) is 38.8 Å². The highest BCUT2D eigenvalue weighted by Crippen LogP contribution is 2.28. The third-order valence-corrected chi connectivity index (χ3v) is 4.35. The van der Waals surface area contributed by atoms with Crippen LogP contribution in [0.15, 0.2) is 24.3 Å². The summed E-state index contributed by atoms with van der Waals surface area (Å²) < 4.78 is 0. The molecule has 0 aliphatic carbocycles. The van der Waals surface area contributed by atoms with E-state index in [2.05, 4.69) is 51.6 Å². The maximum absolute atomic E-state index is 4.50. The molecule has 1 fully saturated rings. The summed E-state index contributed by atoms with van der Waals surface area (Å²) in [5.74, 6) is 1.76. The Morgan fingerprint density at radius 3 is 2.86 bits per heavy atom. The molecule has 1 N–H and O–H groups in total. The number of aromatic nitrogens is 2. The van der Waals surface area contributed by atoms with Crippen LogP contribution in [0.2, 0.25) is 0 Å². The second-order valence-electron chi connectivity index (χ2n) is 5.92. The van der Waals surface area contributed by atoms with Gasteiger partial charge in [0.2, 0.25) is 0 Å². The molecule has 1 atom stereocenters. The summed E-state index contributed by atoms with van der Waals surface area (Å²) in [7, 11) is 0. The Hall–Kier alpha value is -1.68. The lowest BCUT2D eigenvalue weighted by Crippen LogP contribution is -2.40. The van der Waals surface area contributed by atoms with Crippen molar-refractivity contribution in [2.24, 2.45) is 5.92 Å². The minimum Gasteiger partial charge on any atom is -0.354 e. The molecule has 2 heterocycles. The van der Waals surface area contributed by atoms with E-state index >= 15 is 0 Å². The highest BCUT2D eigenvalue weighted by Gasteiger charge is 2.22. The van der Waals surface area contributed by atoms with Crippen molar-refractivity contribution >= 4 is 16.6 Å². The molecule has 4 nitrogen and oxygen atoms in total. The van der Waals surface area contributed by atoms with Gasteiger partial charge in [0, 0.05) is 23.9 Å². The molecule has 1 aliphatic heterocycles. The van der Waals surface area contributed by atoms with Gasteiger partial charge < -0.3 is 10.2 Å². The van der Waals surface area contributed by atoms with Crippen LogP contribution in [-0.4, -0.2) is 36.4 Å². The Balaban J connectivity index is 1.88. The van der Waals surface area contributed by atoms with E-state index in [-0.39, 0.29) is 0 Å². The molecule has 1 unspecified atom stereocenters. The van der Waals surface area contributed by atoms with E-state index in [1.807, 2.05) is 6.92 Å². The lowest BCUT2D eigenvalue weighted by atomic mass is 9.97. The molecule has 21 heavy (non-hydrogen) atoms. The van der Waals surface area contributed by atoms with E-state index in [1.165, 1.54) is 23.6 Å². The van der Waals surface area contributed by atoms with Crippen LogP contribution >= 0.6 is 0 Å². The molecule has 0 spiro atoms. The van der Waals surface area contributed by atoms with E-state index in [4.69, 9.17) is 0 Å². The van der Waals surface area contributed by atoms with Gasteiger partial charge in [0.05, 0.1) is 5.69 Å². The molecule has 2 aromatic rings. The number of piperidine rings is 1. The van der Waals surface area contributed by atoms with Gasteiger partial charge in [-0.25, -0.2) is 0 Å². The monoisotopic (exact) mass is 284 g/mol. The van der Waals surface area contributed by atoms with Gasteiger partial charge in [0.25, 0.3) is 0 Å². The number of nitrogens with one attached hydrogen (secondary N) is 1. The fourth-order valence-corrected chi connectivity index (χ4v) is 3.23. The molecule has 0 amide bonds. The first-order valence-electron chi connectivity index (χ1n) is 7.97. The molecule has 1 saturated heterocycles. The molecule has 4 heteroatoms. The molecule has 0 bridgehead atoms. The number of benzene rings is 1. The molecule has 0 radical (unpaired) electrons. The largest absolute Gasteiger partial charge is 0.354 e. The first-order chi connectivity index (χ1) is 10.3. The van der Waals surface area contributed by atoms with Crippen molar-refractivity contribution in [1.29, 1.82) is 0 Å². The summed E-state index contributed by atoms with van der Waals surface area (Å²) in [6.45, 7) is 8.51. The van der Waals surface area contributed by atoms with Gasteiger partial charge in [-0.3, -0.25) is 0 Å². The van der Waals surface area contributed by atoms with Gasteiger partial charge in [-0.2, -0.15) is 5.10 Å². The Labute approximate surface area is 126 Å². The number of nitrogens with zero attached hydrogens (tertiary/aromatic N) is 3. The second kappa shape index (κ2) is 6.39. The fraction of sp³-hybridized carbons (Fsp3) is 0.529. The average molecular weight is 284 g/mol. The van der Waals surface area contributed by atoms with E-state index < -0.39 is 0 Å². The minimum atomic E-state index is 0.709. The highest BCUT2D eigenvalue weighted by molar-refractivity contribution is 5.93. The van der Waals surface area contributed by atoms with Crippen molar-refractivity contribution in [1.82, 2.24) is 15.5 Å². The number of fused-ring (bicyclic) bond motifs is 1. The normalized spacial score (nSPS) is 19.1.